The molecule has 2 amide bonds. The summed E-state index contributed by atoms with van der Waals surface area (Å²) in [6.45, 7) is 10.1. The van der Waals surface area contributed by atoms with Gasteiger partial charge in [0.2, 0.25) is 0 Å². The second kappa shape index (κ2) is 8.32. The zero-order valence-electron chi connectivity index (χ0n) is 17.0. The standard InChI is InChI=1S/C22H33N3O2/c1-5-25(6-2)18-9-10-20(14(3)11-18)24-22(27)21(26)23-15(4)19-13-16-7-8-17(19)12-16/h9-11,15-17,19H,5-8,12-13H2,1-4H3,(H,23,26)(H,24,27). The van der Waals surface area contributed by atoms with E-state index in [2.05, 4.69) is 35.4 Å². The van der Waals surface area contributed by atoms with Crippen LogP contribution in [0.2, 0.25) is 0 Å². The largest absolute Gasteiger partial charge is 0.372 e. The second-order valence-corrected chi connectivity index (χ2v) is 8.23. The molecule has 2 bridgehead atoms. The van der Waals surface area contributed by atoms with Crippen LogP contribution in [-0.2, 0) is 9.59 Å². The lowest BCUT2D eigenvalue weighted by Crippen LogP contribution is -2.45. The molecule has 0 aliphatic heterocycles. The van der Waals surface area contributed by atoms with Crippen LogP contribution in [0.4, 0.5) is 11.4 Å². The average Bonchev–Trinajstić information content (AvgIpc) is 3.28. The maximum absolute atomic E-state index is 12.4. The van der Waals surface area contributed by atoms with E-state index in [1.807, 2.05) is 26.0 Å². The van der Waals surface area contributed by atoms with Gasteiger partial charge in [0.05, 0.1) is 0 Å². The predicted octanol–water partition coefficient (Wildman–Crippen LogP) is 3.72. The number of nitrogens with zero attached hydrogens (tertiary/aromatic N) is 1. The van der Waals surface area contributed by atoms with Gasteiger partial charge in [0.25, 0.3) is 0 Å². The first-order valence-electron chi connectivity index (χ1n) is 10.4. The Bertz CT molecular complexity index is 699. The molecule has 2 aliphatic carbocycles. The summed E-state index contributed by atoms with van der Waals surface area (Å²) in [4.78, 5) is 27.0. The predicted molar refractivity (Wildman–Crippen MR) is 110 cm³/mol. The molecule has 148 valence electrons. The van der Waals surface area contributed by atoms with Crippen LogP contribution in [0, 0.1) is 24.7 Å². The first-order chi connectivity index (χ1) is 12.9. The fourth-order valence-corrected chi connectivity index (χ4v) is 5.04. The molecule has 2 saturated carbocycles. The molecule has 5 heteroatoms. The van der Waals surface area contributed by atoms with Gasteiger partial charge in [0.15, 0.2) is 0 Å². The van der Waals surface area contributed by atoms with Gasteiger partial charge >= 0.3 is 11.8 Å². The Balaban J connectivity index is 1.57. The van der Waals surface area contributed by atoms with Crippen LogP contribution in [0.3, 0.4) is 0 Å². The van der Waals surface area contributed by atoms with Crippen LogP contribution < -0.4 is 15.5 Å². The normalized spacial score (nSPS) is 24.5. The molecule has 0 aromatic heterocycles. The second-order valence-electron chi connectivity index (χ2n) is 8.23. The van der Waals surface area contributed by atoms with Gasteiger partial charge in [-0.15, -0.1) is 0 Å². The smallest absolute Gasteiger partial charge is 0.313 e. The van der Waals surface area contributed by atoms with Gasteiger partial charge in [-0.25, -0.2) is 0 Å². The molecular formula is C22H33N3O2. The van der Waals surface area contributed by atoms with Crippen molar-refractivity contribution in [1.82, 2.24) is 5.32 Å². The van der Waals surface area contributed by atoms with Crippen molar-refractivity contribution in [2.45, 2.75) is 59.4 Å². The molecule has 27 heavy (non-hydrogen) atoms. The minimum Gasteiger partial charge on any atom is -0.372 e. The van der Waals surface area contributed by atoms with Crippen LogP contribution in [0.15, 0.2) is 18.2 Å². The maximum atomic E-state index is 12.4. The summed E-state index contributed by atoms with van der Waals surface area (Å²) in [6, 6.07) is 5.99. The third-order valence-electron chi connectivity index (χ3n) is 6.59. The summed E-state index contributed by atoms with van der Waals surface area (Å²) in [5.41, 5.74) is 2.78. The lowest BCUT2D eigenvalue weighted by molar-refractivity contribution is -0.136. The van der Waals surface area contributed by atoms with Crippen molar-refractivity contribution >= 4 is 23.2 Å². The van der Waals surface area contributed by atoms with Crippen molar-refractivity contribution in [1.29, 1.82) is 0 Å². The van der Waals surface area contributed by atoms with Crippen molar-refractivity contribution < 1.29 is 9.59 Å². The zero-order valence-corrected chi connectivity index (χ0v) is 17.0. The van der Waals surface area contributed by atoms with Crippen LogP contribution in [-0.4, -0.2) is 30.9 Å². The quantitative estimate of drug-likeness (QED) is 0.749. The van der Waals surface area contributed by atoms with Crippen molar-refractivity contribution in [2.75, 3.05) is 23.3 Å². The zero-order chi connectivity index (χ0) is 19.6. The van der Waals surface area contributed by atoms with Crippen LogP contribution in [0.5, 0.6) is 0 Å². The van der Waals surface area contributed by atoms with Gasteiger partial charge in [-0.3, -0.25) is 9.59 Å². The van der Waals surface area contributed by atoms with E-state index in [1.54, 1.807) is 0 Å². The van der Waals surface area contributed by atoms with E-state index in [1.165, 1.54) is 25.7 Å². The lowest BCUT2D eigenvalue weighted by Gasteiger charge is -2.28. The van der Waals surface area contributed by atoms with Gasteiger partial charge in [-0.05, 0) is 88.5 Å². The monoisotopic (exact) mass is 371 g/mol. The highest BCUT2D eigenvalue weighted by Crippen LogP contribution is 2.49. The minimum absolute atomic E-state index is 0.0599. The van der Waals surface area contributed by atoms with E-state index < -0.39 is 11.8 Å². The highest BCUT2D eigenvalue weighted by atomic mass is 16.2. The van der Waals surface area contributed by atoms with E-state index in [-0.39, 0.29) is 6.04 Å². The molecule has 1 aromatic carbocycles. The number of anilines is 2. The summed E-state index contributed by atoms with van der Waals surface area (Å²) in [6.07, 6.45) is 5.11. The van der Waals surface area contributed by atoms with Gasteiger partial charge in [-0.2, -0.15) is 0 Å². The lowest BCUT2D eigenvalue weighted by atomic mass is 9.84. The topological polar surface area (TPSA) is 61.4 Å². The molecule has 4 unspecified atom stereocenters. The molecule has 2 fully saturated rings. The summed E-state index contributed by atoms with van der Waals surface area (Å²) < 4.78 is 0. The minimum atomic E-state index is -0.580. The Morgan fingerprint density at radius 3 is 2.44 bits per heavy atom. The third-order valence-corrected chi connectivity index (χ3v) is 6.59. The number of nitrogens with one attached hydrogen (secondary N) is 2. The van der Waals surface area contributed by atoms with E-state index in [9.17, 15) is 9.59 Å². The van der Waals surface area contributed by atoms with E-state index in [0.29, 0.717) is 11.6 Å². The number of aryl methyl sites for hydroxylation is 1. The van der Waals surface area contributed by atoms with Crippen LogP contribution in [0.1, 0.15) is 52.0 Å². The fraction of sp³-hybridized carbons (Fsp3) is 0.636. The van der Waals surface area contributed by atoms with Gasteiger partial charge in [0.1, 0.15) is 0 Å². The van der Waals surface area contributed by atoms with E-state index in [4.69, 9.17) is 0 Å². The molecule has 0 spiro atoms. The first-order valence-corrected chi connectivity index (χ1v) is 10.4. The van der Waals surface area contributed by atoms with Gasteiger partial charge < -0.3 is 15.5 Å². The Morgan fingerprint density at radius 2 is 1.89 bits per heavy atom. The number of fused-ring (bicyclic) bond motifs is 2. The maximum Gasteiger partial charge on any atom is 0.313 e. The molecule has 0 heterocycles. The third kappa shape index (κ3) is 4.28. The van der Waals surface area contributed by atoms with Crippen molar-refractivity contribution in [2.24, 2.45) is 17.8 Å². The highest BCUT2D eigenvalue weighted by Gasteiger charge is 2.42. The van der Waals surface area contributed by atoms with Crippen molar-refractivity contribution in [3.63, 3.8) is 0 Å². The van der Waals surface area contributed by atoms with E-state index in [0.717, 1.165) is 36.2 Å². The molecule has 2 N–H and O–H groups in total. The number of hydrogen-bond acceptors (Lipinski definition) is 3. The van der Waals surface area contributed by atoms with Gasteiger partial charge in [0, 0.05) is 30.5 Å². The van der Waals surface area contributed by atoms with Crippen molar-refractivity contribution in [3.8, 4) is 0 Å². The number of rotatable bonds is 6. The molecule has 0 radical (unpaired) electrons. The molecule has 0 saturated heterocycles. The van der Waals surface area contributed by atoms with Gasteiger partial charge in [-0.1, -0.05) is 6.42 Å². The molecule has 4 atom stereocenters. The fourth-order valence-electron chi connectivity index (χ4n) is 5.04. The number of benzene rings is 1. The summed E-state index contributed by atoms with van der Waals surface area (Å²) in [5, 5.41) is 5.71. The average molecular weight is 372 g/mol. The Kier molecular flexibility index (Phi) is 6.08. The molecule has 5 nitrogen and oxygen atoms in total. The van der Waals surface area contributed by atoms with Crippen LogP contribution in [0.25, 0.3) is 0 Å². The molecule has 2 aliphatic rings. The number of carbonyl (C=O) groups is 2. The van der Waals surface area contributed by atoms with Crippen molar-refractivity contribution in [3.05, 3.63) is 23.8 Å². The van der Waals surface area contributed by atoms with E-state index >= 15 is 0 Å². The number of amides is 2. The van der Waals surface area contributed by atoms with Crippen LogP contribution >= 0.6 is 0 Å². The SMILES string of the molecule is CCN(CC)c1ccc(NC(=O)C(=O)NC(C)C2CC3CCC2C3)c(C)c1. The molecule has 1 aromatic rings. The summed E-state index contributed by atoms with van der Waals surface area (Å²) in [5.74, 6) is 0.972. The Labute approximate surface area is 162 Å². The summed E-state index contributed by atoms with van der Waals surface area (Å²) >= 11 is 0. The Morgan fingerprint density at radius 1 is 1.15 bits per heavy atom. The summed E-state index contributed by atoms with van der Waals surface area (Å²) in [7, 11) is 0. The molecule has 3 rings (SSSR count). The highest BCUT2D eigenvalue weighted by molar-refractivity contribution is 6.39. The molecular weight excluding hydrogens is 338 g/mol. The number of carbonyl (C=O) groups excluding carboxylic acids is 2. The Hall–Kier alpha value is -2.04. The first kappa shape index (κ1) is 19.7. The number of hydrogen-bond donors (Lipinski definition) is 2.